The van der Waals surface area contributed by atoms with E-state index in [0.717, 1.165) is 30.8 Å². The van der Waals surface area contributed by atoms with Crippen LogP contribution in [0, 0.1) is 0 Å². The van der Waals surface area contributed by atoms with E-state index in [4.69, 9.17) is 10.2 Å². The van der Waals surface area contributed by atoms with Crippen LogP contribution in [0.25, 0.3) is 0 Å². The molecule has 0 aliphatic carbocycles. The van der Waals surface area contributed by atoms with Crippen LogP contribution >= 0.6 is 0 Å². The summed E-state index contributed by atoms with van der Waals surface area (Å²) in [6, 6.07) is 5.39. The Morgan fingerprint density at radius 2 is 2.35 bits per heavy atom. The van der Waals surface area contributed by atoms with Crippen LogP contribution in [0.4, 0.5) is 0 Å². The van der Waals surface area contributed by atoms with Crippen LogP contribution in [0.1, 0.15) is 47.1 Å². The van der Waals surface area contributed by atoms with Crippen LogP contribution in [-0.4, -0.2) is 40.0 Å². The standard InChI is InChI=1S/C16H20N4O3/c17-16(22)14-9-13(18-19-14)11-3-1-7-20(10-11)15(21)6-5-12-4-2-8-23-12/h2,4,8-9,11H,1,3,5-7,10H2,(H2,17,22)(H,18,19)/t11-/m0/s1. The van der Waals surface area contributed by atoms with Crippen molar-refractivity contribution in [3.8, 4) is 0 Å². The number of piperidine rings is 1. The van der Waals surface area contributed by atoms with Crippen LogP contribution in [-0.2, 0) is 11.2 Å². The molecular weight excluding hydrogens is 296 g/mol. The fourth-order valence-electron chi connectivity index (χ4n) is 2.97. The van der Waals surface area contributed by atoms with Crippen molar-refractivity contribution in [3.05, 3.63) is 41.6 Å². The molecule has 1 aliphatic rings. The highest BCUT2D eigenvalue weighted by Gasteiger charge is 2.26. The van der Waals surface area contributed by atoms with Gasteiger partial charge in [-0.2, -0.15) is 5.10 Å². The molecule has 0 radical (unpaired) electrons. The van der Waals surface area contributed by atoms with Gasteiger partial charge in [-0.25, -0.2) is 0 Å². The molecule has 3 heterocycles. The van der Waals surface area contributed by atoms with E-state index in [1.54, 1.807) is 12.3 Å². The molecule has 2 amide bonds. The summed E-state index contributed by atoms with van der Waals surface area (Å²) in [5.74, 6) is 0.568. The first-order chi connectivity index (χ1) is 11.1. The molecule has 23 heavy (non-hydrogen) atoms. The summed E-state index contributed by atoms with van der Waals surface area (Å²) in [5.41, 5.74) is 6.32. The fraction of sp³-hybridized carbons (Fsp3) is 0.438. The predicted molar refractivity (Wildman–Crippen MR) is 82.7 cm³/mol. The zero-order valence-corrected chi connectivity index (χ0v) is 12.8. The highest BCUT2D eigenvalue weighted by molar-refractivity contribution is 5.90. The molecule has 122 valence electrons. The normalized spacial score (nSPS) is 18.1. The number of primary amides is 1. The highest BCUT2D eigenvalue weighted by Crippen LogP contribution is 2.26. The molecule has 1 saturated heterocycles. The Balaban J connectivity index is 1.58. The maximum Gasteiger partial charge on any atom is 0.269 e. The zero-order chi connectivity index (χ0) is 16.2. The predicted octanol–water partition coefficient (Wildman–Crippen LogP) is 1.44. The summed E-state index contributed by atoms with van der Waals surface area (Å²) in [6.07, 6.45) is 4.56. The molecule has 0 unspecified atom stereocenters. The summed E-state index contributed by atoms with van der Waals surface area (Å²) >= 11 is 0. The van der Waals surface area contributed by atoms with Gasteiger partial charge in [-0.05, 0) is 31.0 Å². The first kappa shape index (κ1) is 15.3. The number of furan rings is 1. The minimum absolute atomic E-state index is 0.126. The molecule has 0 aromatic carbocycles. The second-order valence-corrected chi connectivity index (χ2v) is 5.83. The lowest BCUT2D eigenvalue weighted by Crippen LogP contribution is -2.39. The minimum atomic E-state index is -0.547. The minimum Gasteiger partial charge on any atom is -0.469 e. The van der Waals surface area contributed by atoms with Gasteiger partial charge in [-0.15, -0.1) is 0 Å². The van der Waals surface area contributed by atoms with Gasteiger partial charge < -0.3 is 15.1 Å². The second-order valence-electron chi connectivity index (χ2n) is 5.83. The van der Waals surface area contributed by atoms with Crippen LogP contribution in [0.5, 0.6) is 0 Å². The monoisotopic (exact) mass is 316 g/mol. The molecule has 1 atom stereocenters. The van der Waals surface area contributed by atoms with Crippen molar-refractivity contribution in [2.75, 3.05) is 13.1 Å². The number of carbonyl (C=O) groups is 2. The van der Waals surface area contributed by atoms with Crippen molar-refractivity contribution in [1.82, 2.24) is 15.1 Å². The number of carbonyl (C=O) groups excluding carboxylic acids is 2. The molecule has 7 nitrogen and oxygen atoms in total. The van der Waals surface area contributed by atoms with Gasteiger partial charge in [0.15, 0.2) is 0 Å². The number of aromatic nitrogens is 2. The Hall–Kier alpha value is -2.57. The SMILES string of the molecule is NC(=O)c1cc([C@H]2CCCN(C(=O)CCc3ccco3)C2)[nH]n1. The summed E-state index contributed by atoms with van der Waals surface area (Å²) in [6.45, 7) is 1.40. The van der Waals surface area contributed by atoms with Crippen molar-refractivity contribution < 1.29 is 14.0 Å². The van der Waals surface area contributed by atoms with E-state index < -0.39 is 5.91 Å². The van der Waals surface area contributed by atoms with Crippen molar-refractivity contribution in [1.29, 1.82) is 0 Å². The third-order valence-electron chi connectivity index (χ3n) is 4.23. The van der Waals surface area contributed by atoms with Crippen LogP contribution < -0.4 is 5.73 Å². The van der Waals surface area contributed by atoms with Crippen molar-refractivity contribution in [3.63, 3.8) is 0 Å². The van der Waals surface area contributed by atoms with Gasteiger partial charge in [-0.3, -0.25) is 14.7 Å². The number of hydrogen-bond acceptors (Lipinski definition) is 4. The molecule has 2 aromatic rings. The molecule has 0 bridgehead atoms. The smallest absolute Gasteiger partial charge is 0.269 e. The topological polar surface area (TPSA) is 105 Å². The number of nitrogens with zero attached hydrogens (tertiary/aromatic N) is 2. The van der Waals surface area contributed by atoms with E-state index in [1.165, 1.54) is 0 Å². The summed E-state index contributed by atoms with van der Waals surface area (Å²) in [5, 5.41) is 6.78. The number of likely N-dealkylation sites (tertiary alicyclic amines) is 1. The van der Waals surface area contributed by atoms with Crippen molar-refractivity contribution >= 4 is 11.8 Å². The average Bonchev–Trinajstić information content (AvgIpc) is 3.24. The molecule has 1 fully saturated rings. The number of nitrogens with two attached hydrogens (primary N) is 1. The maximum absolute atomic E-state index is 12.4. The molecular formula is C16H20N4O3. The number of nitrogens with one attached hydrogen (secondary N) is 1. The summed E-state index contributed by atoms with van der Waals surface area (Å²) in [7, 11) is 0. The van der Waals surface area contributed by atoms with E-state index in [-0.39, 0.29) is 17.5 Å². The lowest BCUT2D eigenvalue weighted by Gasteiger charge is -2.32. The van der Waals surface area contributed by atoms with Crippen LogP contribution in [0.2, 0.25) is 0 Å². The third-order valence-corrected chi connectivity index (χ3v) is 4.23. The van der Waals surface area contributed by atoms with E-state index >= 15 is 0 Å². The lowest BCUT2D eigenvalue weighted by molar-refractivity contribution is -0.132. The average molecular weight is 316 g/mol. The summed E-state index contributed by atoms with van der Waals surface area (Å²) < 4.78 is 5.26. The number of aromatic amines is 1. The van der Waals surface area contributed by atoms with E-state index in [9.17, 15) is 9.59 Å². The van der Waals surface area contributed by atoms with E-state index in [1.807, 2.05) is 17.0 Å². The van der Waals surface area contributed by atoms with Gasteiger partial charge in [0, 0.05) is 37.5 Å². The largest absolute Gasteiger partial charge is 0.469 e. The zero-order valence-electron chi connectivity index (χ0n) is 12.8. The maximum atomic E-state index is 12.4. The quantitative estimate of drug-likeness (QED) is 0.870. The van der Waals surface area contributed by atoms with Crippen molar-refractivity contribution in [2.24, 2.45) is 5.73 Å². The Kier molecular flexibility index (Phi) is 4.45. The number of hydrogen-bond donors (Lipinski definition) is 2. The van der Waals surface area contributed by atoms with Gasteiger partial charge in [0.05, 0.1) is 6.26 Å². The Morgan fingerprint density at radius 3 is 3.04 bits per heavy atom. The number of amides is 2. The molecule has 2 aromatic heterocycles. The first-order valence-electron chi connectivity index (χ1n) is 7.78. The second kappa shape index (κ2) is 6.68. The molecule has 1 aliphatic heterocycles. The molecule has 0 saturated carbocycles. The lowest BCUT2D eigenvalue weighted by atomic mass is 9.94. The Bertz CT molecular complexity index is 677. The van der Waals surface area contributed by atoms with Gasteiger partial charge in [0.1, 0.15) is 11.5 Å². The Labute approximate surface area is 133 Å². The van der Waals surface area contributed by atoms with Gasteiger partial charge in [0.25, 0.3) is 5.91 Å². The van der Waals surface area contributed by atoms with Crippen LogP contribution in [0.3, 0.4) is 0 Å². The van der Waals surface area contributed by atoms with Gasteiger partial charge in [0.2, 0.25) is 5.91 Å². The highest BCUT2D eigenvalue weighted by atomic mass is 16.3. The summed E-state index contributed by atoms with van der Waals surface area (Å²) in [4.78, 5) is 25.4. The van der Waals surface area contributed by atoms with Crippen LogP contribution in [0.15, 0.2) is 28.9 Å². The number of H-pyrrole nitrogens is 1. The fourth-order valence-corrected chi connectivity index (χ4v) is 2.97. The third kappa shape index (κ3) is 3.61. The van der Waals surface area contributed by atoms with Gasteiger partial charge in [-0.1, -0.05) is 0 Å². The molecule has 3 N–H and O–H groups in total. The van der Waals surface area contributed by atoms with Crippen molar-refractivity contribution in [2.45, 2.75) is 31.6 Å². The number of aryl methyl sites for hydroxylation is 1. The number of rotatable bonds is 5. The Morgan fingerprint density at radius 1 is 1.48 bits per heavy atom. The molecule has 0 spiro atoms. The van der Waals surface area contributed by atoms with E-state index in [0.29, 0.717) is 19.4 Å². The first-order valence-corrected chi connectivity index (χ1v) is 7.78. The molecule has 3 rings (SSSR count). The van der Waals surface area contributed by atoms with Gasteiger partial charge >= 0.3 is 0 Å². The van der Waals surface area contributed by atoms with E-state index in [2.05, 4.69) is 10.2 Å². The molecule has 7 heteroatoms.